The molecule has 0 fully saturated rings. The highest BCUT2D eigenvalue weighted by atomic mass is 19.4. The Hall–Kier alpha value is -1.53. The van der Waals surface area contributed by atoms with Gasteiger partial charge in [0.2, 0.25) is 0 Å². The normalized spacial score (nSPS) is 11.7. The molecular weight excluding hydrogens is 201 g/mol. The number of carbonyl (C=O) groups is 1. The van der Waals surface area contributed by atoms with Crippen LogP contribution in [0.2, 0.25) is 0 Å². The Balaban J connectivity index is 3.13. The molecule has 0 unspecified atom stereocenters. The highest BCUT2D eigenvalue weighted by molar-refractivity contribution is 5.70. The molecule has 0 spiro atoms. The summed E-state index contributed by atoms with van der Waals surface area (Å²) in [5.41, 5.74) is -1.34. The third-order valence-electron chi connectivity index (χ3n) is 1.62. The van der Waals surface area contributed by atoms with Crippen molar-refractivity contribution in [2.45, 2.75) is 12.6 Å². The predicted octanol–water partition coefficient (Wildman–Crippen LogP) is 1.07. The van der Waals surface area contributed by atoms with Crippen LogP contribution >= 0.6 is 0 Å². The van der Waals surface area contributed by atoms with Gasteiger partial charge >= 0.3 is 12.1 Å². The standard InChI is InChI=1S/C7H7F3N2O2/c1-12-6(7(8,9)10)4(3-11-12)2-5(13)14/h3H,2H2,1H3,(H,13,14). The molecule has 78 valence electrons. The number of hydrogen-bond acceptors (Lipinski definition) is 2. The Morgan fingerprint density at radius 2 is 2.21 bits per heavy atom. The lowest BCUT2D eigenvalue weighted by Crippen LogP contribution is -2.15. The SMILES string of the molecule is Cn1ncc(CC(=O)O)c1C(F)(F)F. The third-order valence-corrected chi connectivity index (χ3v) is 1.62. The van der Waals surface area contributed by atoms with Crippen LogP contribution in [0.5, 0.6) is 0 Å². The fraction of sp³-hybridized carbons (Fsp3) is 0.429. The smallest absolute Gasteiger partial charge is 0.433 e. The minimum atomic E-state index is -4.57. The van der Waals surface area contributed by atoms with Gasteiger partial charge in [-0.05, 0) is 0 Å². The van der Waals surface area contributed by atoms with Crippen molar-refractivity contribution in [1.29, 1.82) is 0 Å². The van der Waals surface area contributed by atoms with Crippen molar-refractivity contribution in [3.05, 3.63) is 17.5 Å². The first-order valence-electron chi connectivity index (χ1n) is 3.62. The summed E-state index contributed by atoms with van der Waals surface area (Å²) in [6, 6.07) is 0. The van der Waals surface area contributed by atoms with Crippen LogP contribution in [-0.2, 0) is 24.4 Å². The first kappa shape index (κ1) is 10.6. The van der Waals surface area contributed by atoms with Crippen LogP contribution in [0.25, 0.3) is 0 Å². The number of aryl methyl sites for hydroxylation is 1. The minimum Gasteiger partial charge on any atom is -0.481 e. The van der Waals surface area contributed by atoms with E-state index in [1.54, 1.807) is 0 Å². The summed E-state index contributed by atoms with van der Waals surface area (Å²) >= 11 is 0. The molecule has 1 rings (SSSR count). The van der Waals surface area contributed by atoms with Crippen molar-refractivity contribution in [2.75, 3.05) is 0 Å². The molecule has 0 saturated carbocycles. The maximum Gasteiger partial charge on any atom is 0.433 e. The van der Waals surface area contributed by atoms with Crippen LogP contribution in [-0.4, -0.2) is 20.9 Å². The van der Waals surface area contributed by atoms with E-state index in [4.69, 9.17) is 5.11 Å². The molecule has 0 radical (unpaired) electrons. The van der Waals surface area contributed by atoms with Gasteiger partial charge in [0.05, 0.1) is 12.6 Å². The average molecular weight is 208 g/mol. The lowest BCUT2D eigenvalue weighted by Gasteiger charge is -2.08. The fourth-order valence-corrected chi connectivity index (χ4v) is 1.14. The number of nitrogens with zero attached hydrogens (tertiary/aromatic N) is 2. The summed E-state index contributed by atoms with van der Waals surface area (Å²) in [4.78, 5) is 10.3. The van der Waals surface area contributed by atoms with Crippen LogP contribution in [0.4, 0.5) is 13.2 Å². The Labute approximate surface area is 77.0 Å². The number of carboxylic acid groups (broad SMARTS) is 1. The van der Waals surface area contributed by atoms with Crippen molar-refractivity contribution in [1.82, 2.24) is 9.78 Å². The van der Waals surface area contributed by atoms with Crippen molar-refractivity contribution < 1.29 is 23.1 Å². The molecule has 0 bridgehead atoms. The summed E-state index contributed by atoms with van der Waals surface area (Å²) < 4.78 is 37.6. The second kappa shape index (κ2) is 3.32. The molecule has 0 amide bonds. The topological polar surface area (TPSA) is 55.1 Å². The van der Waals surface area contributed by atoms with Gasteiger partial charge < -0.3 is 5.11 Å². The van der Waals surface area contributed by atoms with Crippen molar-refractivity contribution in [2.24, 2.45) is 7.05 Å². The van der Waals surface area contributed by atoms with Crippen LogP contribution in [0, 0.1) is 0 Å². The summed E-state index contributed by atoms with van der Waals surface area (Å²) in [5, 5.41) is 11.7. The molecule has 1 aromatic rings. The molecule has 1 aromatic heterocycles. The van der Waals surface area contributed by atoms with Crippen LogP contribution < -0.4 is 0 Å². The highest BCUT2D eigenvalue weighted by Gasteiger charge is 2.37. The number of carboxylic acids is 1. The van der Waals surface area contributed by atoms with E-state index in [1.165, 1.54) is 0 Å². The summed E-state index contributed by atoms with van der Waals surface area (Å²) in [6.45, 7) is 0. The van der Waals surface area contributed by atoms with E-state index < -0.39 is 24.3 Å². The van der Waals surface area contributed by atoms with Crippen LogP contribution in [0.1, 0.15) is 11.3 Å². The third kappa shape index (κ3) is 2.04. The highest BCUT2D eigenvalue weighted by Crippen LogP contribution is 2.31. The number of aliphatic carboxylic acids is 1. The molecule has 1 N–H and O–H groups in total. The number of halogens is 3. The lowest BCUT2D eigenvalue weighted by atomic mass is 10.2. The van der Waals surface area contributed by atoms with Gasteiger partial charge in [-0.1, -0.05) is 0 Å². The largest absolute Gasteiger partial charge is 0.481 e. The van der Waals surface area contributed by atoms with Gasteiger partial charge in [0.15, 0.2) is 0 Å². The van der Waals surface area contributed by atoms with Crippen molar-refractivity contribution in [3.8, 4) is 0 Å². The van der Waals surface area contributed by atoms with E-state index in [1.807, 2.05) is 0 Å². The maximum atomic E-state index is 12.3. The number of rotatable bonds is 2. The molecule has 0 atom stereocenters. The Kier molecular flexibility index (Phi) is 2.50. The van der Waals surface area contributed by atoms with E-state index in [0.29, 0.717) is 4.68 Å². The first-order chi connectivity index (χ1) is 6.32. The van der Waals surface area contributed by atoms with Gasteiger partial charge in [-0.25, -0.2) is 0 Å². The van der Waals surface area contributed by atoms with Crippen molar-refractivity contribution >= 4 is 5.97 Å². The second-order valence-corrected chi connectivity index (χ2v) is 2.71. The molecule has 14 heavy (non-hydrogen) atoms. The van der Waals surface area contributed by atoms with Gasteiger partial charge in [0.1, 0.15) is 5.69 Å². The molecule has 1 heterocycles. The van der Waals surface area contributed by atoms with Gasteiger partial charge in [-0.2, -0.15) is 18.3 Å². The van der Waals surface area contributed by atoms with Gasteiger partial charge in [0.25, 0.3) is 0 Å². The second-order valence-electron chi connectivity index (χ2n) is 2.71. The zero-order valence-electron chi connectivity index (χ0n) is 7.17. The van der Waals surface area contributed by atoms with Gasteiger partial charge in [-0.3, -0.25) is 9.48 Å². The number of alkyl halides is 3. The molecule has 0 saturated heterocycles. The van der Waals surface area contributed by atoms with Crippen molar-refractivity contribution in [3.63, 3.8) is 0 Å². The van der Waals surface area contributed by atoms with Crippen LogP contribution in [0.3, 0.4) is 0 Å². The Morgan fingerprint density at radius 3 is 2.64 bits per heavy atom. The van der Waals surface area contributed by atoms with Crippen LogP contribution in [0.15, 0.2) is 6.20 Å². The quantitative estimate of drug-likeness (QED) is 0.790. The monoisotopic (exact) mass is 208 g/mol. The zero-order chi connectivity index (χ0) is 10.9. The average Bonchev–Trinajstić information content (AvgIpc) is 2.28. The van der Waals surface area contributed by atoms with E-state index in [9.17, 15) is 18.0 Å². The Bertz CT molecular complexity index is 356. The molecule has 0 aromatic carbocycles. The van der Waals surface area contributed by atoms with Gasteiger partial charge in [0, 0.05) is 12.6 Å². The van der Waals surface area contributed by atoms with E-state index >= 15 is 0 Å². The first-order valence-corrected chi connectivity index (χ1v) is 3.62. The summed E-state index contributed by atoms with van der Waals surface area (Å²) in [6.07, 6.45) is -4.34. The predicted molar refractivity (Wildman–Crippen MR) is 39.5 cm³/mol. The zero-order valence-corrected chi connectivity index (χ0v) is 7.17. The molecular formula is C7H7F3N2O2. The Morgan fingerprint density at radius 1 is 1.64 bits per heavy atom. The molecule has 7 heteroatoms. The number of hydrogen-bond donors (Lipinski definition) is 1. The fourth-order valence-electron chi connectivity index (χ4n) is 1.14. The van der Waals surface area contributed by atoms with Gasteiger partial charge in [-0.15, -0.1) is 0 Å². The molecule has 4 nitrogen and oxygen atoms in total. The molecule has 0 aliphatic rings. The summed E-state index contributed by atoms with van der Waals surface area (Å²) in [7, 11) is 1.12. The van der Waals surface area contributed by atoms with E-state index in [0.717, 1.165) is 13.2 Å². The molecule has 0 aliphatic carbocycles. The maximum absolute atomic E-state index is 12.3. The molecule has 0 aliphatic heterocycles. The minimum absolute atomic E-state index is 0.326. The lowest BCUT2D eigenvalue weighted by molar-refractivity contribution is -0.144. The van der Waals surface area contributed by atoms with E-state index in [2.05, 4.69) is 5.10 Å². The summed E-state index contributed by atoms with van der Waals surface area (Å²) in [5.74, 6) is -1.32. The van der Waals surface area contributed by atoms with E-state index in [-0.39, 0.29) is 5.56 Å². The number of aromatic nitrogens is 2.